The van der Waals surface area contributed by atoms with Crippen LogP contribution in [0.4, 0.5) is 0 Å². The van der Waals surface area contributed by atoms with Gasteiger partial charge in [-0.15, -0.1) is 0 Å². The second kappa shape index (κ2) is 8.30. The van der Waals surface area contributed by atoms with Gasteiger partial charge < -0.3 is 13.6 Å². The van der Waals surface area contributed by atoms with Gasteiger partial charge in [0.05, 0.1) is 5.60 Å². The van der Waals surface area contributed by atoms with Gasteiger partial charge in [-0.1, -0.05) is 46.0 Å². The molecular weight excluding hydrogens is 256 g/mol. The predicted octanol–water partition coefficient (Wildman–Crippen LogP) is 4.59. The number of unbranched alkanes of at least 4 members (excludes halogenated alkanes) is 3. The summed E-state index contributed by atoms with van der Waals surface area (Å²) in [5.41, 5.74) is -0.148. The van der Waals surface area contributed by atoms with Crippen molar-refractivity contribution in [2.45, 2.75) is 84.8 Å². The molecule has 1 rings (SSSR count). The first kappa shape index (κ1) is 17.0. The second-order valence-electron chi connectivity index (χ2n) is 5.73. The van der Waals surface area contributed by atoms with Gasteiger partial charge in [0.1, 0.15) is 12.4 Å². The van der Waals surface area contributed by atoms with Crippen molar-refractivity contribution in [3.05, 3.63) is 22.1 Å². The predicted molar refractivity (Wildman–Crippen MR) is 78.8 cm³/mol. The van der Waals surface area contributed by atoms with Crippen molar-refractivity contribution >= 4 is 0 Å². The molecule has 0 aromatic carbocycles. The molecular formula is C16H28O4. The fraction of sp³-hybridized carbons (Fsp3) is 0.812. The van der Waals surface area contributed by atoms with Gasteiger partial charge in [-0.05, 0) is 26.7 Å². The molecule has 0 spiro atoms. The Bertz CT molecular complexity index is 432. The minimum Gasteiger partial charge on any atom is -0.396 e. The second-order valence-corrected chi connectivity index (χ2v) is 5.73. The van der Waals surface area contributed by atoms with Crippen LogP contribution in [0.5, 0.6) is 0 Å². The van der Waals surface area contributed by atoms with Gasteiger partial charge in [-0.25, -0.2) is 4.79 Å². The average Bonchev–Trinajstić information content (AvgIpc) is 2.71. The van der Waals surface area contributed by atoms with Gasteiger partial charge in [-0.3, -0.25) is 0 Å². The van der Waals surface area contributed by atoms with Crippen LogP contribution < -0.4 is 5.82 Å². The minimum atomic E-state index is -0.652. The number of aryl methyl sites for hydroxylation is 1. The Morgan fingerprint density at radius 2 is 1.80 bits per heavy atom. The molecule has 1 aromatic rings. The molecule has 116 valence electrons. The standard InChI is InChI=1S/C16H28O4/c1-5-7-8-9-11-16(4,10-6-2)18-12-14-13(3)19-15(17)20-14/h5-12H2,1-4H3. The highest BCUT2D eigenvalue weighted by Crippen LogP contribution is 2.27. The molecule has 0 aliphatic heterocycles. The SMILES string of the molecule is CCCCCCC(C)(CCC)OCc1oc(=O)oc1C. The zero-order valence-electron chi connectivity index (χ0n) is 13.3. The van der Waals surface area contributed by atoms with Crippen LogP contribution in [0.25, 0.3) is 0 Å². The fourth-order valence-corrected chi connectivity index (χ4v) is 2.47. The normalized spacial score (nSPS) is 14.4. The van der Waals surface area contributed by atoms with E-state index in [-0.39, 0.29) is 5.60 Å². The Morgan fingerprint density at radius 1 is 1.05 bits per heavy atom. The lowest BCUT2D eigenvalue weighted by molar-refractivity contribution is -0.0627. The molecule has 1 unspecified atom stereocenters. The van der Waals surface area contributed by atoms with Crippen molar-refractivity contribution in [2.75, 3.05) is 0 Å². The molecule has 4 nitrogen and oxygen atoms in total. The summed E-state index contributed by atoms with van der Waals surface area (Å²) in [6, 6.07) is 0. The summed E-state index contributed by atoms with van der Waals surface area (Å²) < 4.78 is 15.9. The first-order valence-electron chi connectivity index (χ1n) is 7.74. The van der Waals surface area contributed by atoms with Crippen LogP contribution in [0.15, 0.2) is 13.6 Å². The smallest absolute Gasteiger partial charge is 0.396 e. The molecule has 1 aromatic heterocycles. The van der Waals surface area contributed by atoms with E-state index in [4.69, 9.17) is 13.6 Å². The van der Waals surface area contributed by atoms with E-state index in [0.717, 1.165) is 19.3 Å². The number of rotatable bonds is 10. The fourth-order valence-electron chi connectivity index (χ4n) is 2.47. The van der Waals surface area contributed by atoms with E-state index in [1.54, 1.807) is 6.92 Å². The van der Waals surface area contributed by atoms with Crippen LogP contribution >= 0.6 is 0 Å². The van der Waals surface area contributed by atoms with Gasteiger partial charge in [0, 0.05) is 0 Å². The van der Waals surface area contributed by atoms with Crippen LogP contribution in [-0.4, -0.2) is 5.60 Å². The summed E-state index contributed by atoms with van der Waals surface area (Å²) in [4.78, 5) is 11.0. The van der Waals surface area contributed by atoms with Crippen LogP contribution in [0, 0.1) is 6.92 Å². The van der Waals surface area contributed by atoms with E-state index < -0.39 is 5.82 Å². The summed E-state index contributed by atoms with van der Waals surface area (Å²) in [6.07, 6.45) is 8.08. The Kier molecular flexibility index (Phi) is 7.06. The van der Waals surface area contributed by atoms with E-state index >= 15 is 0 Å². The monoisotopic (exact) mass is 284 g/mol. The molecule has 0 saturated carbocycles. The van der Waals surface area contributed by atoms with Crippen molar-refractivity contribution in [2.24, 2.45) is 0 Å². The number of hydrogen-bond donors (Lipinski definition) is 0. The topological polar surface area (TPSA) is 52.6 Å². The van der Waals surface area contributed by atoms with Gasteiger partial charge in [0.2, 0.25) is 0 Å². The maximum Gasteiger partial charge on any atom is 0.519 e. The van der Waals surface area contributed by atoms with Crippen LogP contribution in [-0.2, 0) is 11.3 Å². The quantitative estimate of drug-likeness (QED) is 0.590. The Morgan fingerprint density at radius 3 is 2.35 bits per heavy atom. The van der Waals surface area contributed by atoms with E-state index in [0.29, 0.717) is 18.1 Å². The average molecular weight is 284 g/mol. The van der Waals surface area contributed by atoms with Crippen LogP contribution in [0.1, 0.15) is 77.2 Å². The largest absolute Gasteiger partial charge is 0.519 e. The molecule has 0 N–H and O–H groups in total. The Balaban J connectivity index is 2.52. The molecule has 20 heavy (non-hydrogen) atoms. The molecule has 0 amide bonds. The summed E-state index contributed by atoms with van der Waals surface area (Å²) in [7, 11) is 0. The highest BCUT2D eigenvalue weighted by molar-refractivity contribution is 4.98. The van der Waals surface area contributed by atoms with Crippen molar-refractivity contribution in [3.63, 3.8) is 0 Å². The van der Waals surface area contributed by atoms with Gasteiger partial charge in [-0.2, -0.15) is 0 Å². The molecule has 0 bridgehead atoms. The van der Waals surface area contributed by atoms with Crippen molar-refractivity contribution in [1.29, 1.82) is 0 Å². The Hall–Kier alpha value is -1.03. The van der Waals surface area contributed by atoms with Gasteiger partial charge >= 0.3 is 5.82 Å². The number of hydrogen-bond acceptors (Lipinski definition) is 4. The van der Waals surface area contributed by atoms with Crippen LogP contribution in [0.2, 0.25) is 0 Å². The summed E-state index contributed by atoms with van der Waals surface area (Å²) in [5.74, 6) is 0.368. The van der Waals surface area contributed by atoms with Crippen molar-refractivity contribution < 1.29 is 13.6 Å². The lowest BCUT2D eigenvalue weighted by Crippen LogP contribution is -2.28. The van der Waals surface area contributed by atoms with E-state index in [2.05, 4.69) is 20.8 Å². The lowest BCUT2D eigenvalue weighted by Gasteiger charge is -2.29. The maximum atomic E-state index is 11.0. The summed E-state index contributed by atoms with van der Waals surface area (Å²) >= 11 is 0. The molecule has 4 heteroatoms. The maximum absolute atomic E-state index is 11.0. The molecule has 0 aliphatic carbocycles. The highest BCUT2D eigenvalue weighted by atomic mass is 16.6. The highest BCUT2D eigenvalue weighted by Gasteiger charge is 2.25. The zero-order chi connectivity index (χ0) is 15.0. The van der Waals surface area contributed by atoms with Crippen LogP contribution in [0.3, 0.4) is 0 Å². The first-order chi connectivity index (χ1) is 9.50. The molecule has 1 atom stereocenters. The van der Waals surface area contributed by atoms with E-state index in [1.807, 2.05) is 0 Å². The van der Waals surface area contributed by atoms with E-state index in [9.17, 15) is 4.79 Å². The number of ether oxygens (including phenoxy) is 1. The third-order valence-corrected chi connectivity index (χ3v) is 3.73. The van der Waals surface area contributed by atoms with E-state index in [1.165, 1.54) is 25.7 Å². The molecule has 1 heterocycles. The van der Waals surface area contributed by atoms with Crippen molar-refractivity contribution in [1.82, 2.24) is 0 Å². The zero-order valence-corrected chi connectivity index (χ0v) is 13.3. The minimum absolute atomic E-state index is 0.148. The molecule has 0 saturated heterocycles. The molecule has 0 fully saturated rings. The van der Waals surface area contributed by atoms with Crippen molar-refractivity contribution in [3.8, 4) is 0 Å². The van der Waals surface area contributed by atoms with Gasteiger partial charge in [0.25, 0.3) is 0 Å². The first-order valence-corrected chi connectivity index (χ1v) is 7.74. The summed E-state index contributed by atoms with van der Waals surface area (Å²) in [5, 5.41) is 0. The third-order valence-electron chi connectivity index (χ3n) is 3.73. The summed E-state index contributed by atoms with van der Waals surface area (Å²) in [6.45, 7) is 8.56. The van der Waals surface area contributed by atoms with Gasteiger partial charge in [0.15, 0.2) is 5.76 Å². The Labute approximate surface area is 121 Å². The third kappa shape index (κ3) is 5.53. The molecule has 0 radical (unpaired) electrons. The lowest BCUT2D eigenvalue weighted by atomic mass is 9.93. The molecule has 0 aliphatic rings.